The molecule has 1 aliphatic rings. The Morgan fingerprint density at radius 2 is 2.04 bits per heavy atom. The van der Waals surface area contributed by atoms with Crippen molar-refractivity contribution in [2.75, 3.05) is 13.2 Å². The van der Waals surface area contributed by atoms with Crippen molar-refractivity contribution in [1.82, 2.24) is 14.7 Å². The fourth-order valence-corrected chi connectivity index (χ4v) is 3.45. The summed E-state index contributed by atoms with van der Waals surface area (Å²) in [5, 5.41) is 23.1. The van der Waals surface area contributed by atoms with E-state index in [2.05, 4.69) is 29.2 Å². The predicted octanol–water partition coefficient (Wildman–Crippen LogP) is 2.55. The van der Waals surface area contributed by atoms with Crippen molar-refractivity contribution in [2.45, 2.75) is 32.4 Å². The first-order valence-electron chi connectivity index (χ1n) is 8.48. The van der Waals surface area contributed by atoms with Crippen molar-refractivity contribution < 1.29 is 5.11 Å². The van der Waals surface area contributed by atoms with Crippen molar-refractivity contribution >= 4 is 0 Å². The fourth-order valence-electron chi connectivity index (χ4n) is 3.45. The number of hydrogen-bond donors (Lipinski definition) is 1. The Morgan fingerprint density at radius 3 is 2.71 bits per heavy atom. The molecule has 1 N–H and O–H groups in total. The fraction of sp³-hybridized carbons (Fsp3) is 0.474. The molecule has 0 aliphatic carbocycles. The second-order valence-corrected chi connectivity index (χ2v) is 6.77. The lowest BCUT2D eigenvalue weighted by atomic mass is 9.93. The largest absolute Gasteiger partial charge is 0.396 e. The SMILES string of the molecule is C[C@H]1CC[C@@H](CO)CN1Cc1cn(C)nc1-c1ccc(C#N)cc1. The maximum absolute atomic E-state index is 9.48. The molecule has 2 aromatic rings. The van der Waals surface area contributed by atoms with Gasteiger partial charge in [0, 0.05) is 50.1 Å². The van der Waals surface area contributed by atoms with E-state index in [0.717, 1.165) is 37.2 Å². The molecule has 2 atom stereocenters. The zero-order valence-corrected chi connectivity index (χ0v) is 14.3. The number of rotatable bonds is 4. The summed E-state index contributed by atoms with van der Waals surface area (Å²) in [7, 11) is 1.94. The van der Waals surface area contributed by atoms with Crippen LogP contribution in [0.25, 0.3) is 11.3 Å². The molecule has 0 bridgehead atoms. The summed E-state index contributed by atoms with van der Waals surface area (Å²) >= 11 is 0. The number of benzene rings is 1. The number of aliphatic hydroxyl groups excluding tert-OH is 1. The van der Waals surface area contributed by atoms with E-state index in [9.17, 15) is 5.11 Å². The van der Waals surface area contributed by atoms with Gasteiger partial charge in [-0.2, -0.15) is 10.4 Å². The van der Waals surface area contributed by atoms with E-state index in [4.69, 9.17) is 5.26 Å². The van der Waals surface area contributed by atoms with Crippen LogP contribution in [0.4, 0.5) is 0 Å². The predicted molar refractivity (Wildman–Crippen MR) is 93.0 cm³/mol. The van der Waals surface area contributed by atoms with Crippen LogP contribution >= 0.6 is 0 Å². The highest BCUT2D eigenvalue weighted by Gasteiger charge is 2.26. The maximum atomic E-state index is 9.48. The molecule has 0 spiro atoms. The van der Waals surface area contributed by atoms with E-state index >= 15 is 0 Å². The third kappa shape index (κ3) is 3.50. The molecule has 0 radical (unpaired) electrons. The first kappa shape index (κ1) is 16.7. The number of likely N-dealkylation sites (tertiary alicyclic amines) is 1. The topological polar surface area (TPSA) is 65.1 Å². The van der Waals surface area contributed by atoms with E-state index in [1.54, 1.807) is 0 Å². The van der Waals surface area contributed by atoms with Gasteiger partial charge in [0.05, 0.1) is 17.3 Å². The van der Waals surface area contributed by atoms with Gasteiger partial charge in [-0.3, -0.25) is 9.58 Å². The van der Waals surface area contributed by atoms with Gasteiger partial charge in [0.15, 0.2) is 0 Å². The molecule has 3 rings (SSSR count). The van der Waals surface area contributed by atoms with Crippen LogP contribution in [0.1, 0.15) is 30.9 Å². The highest BCUT2D eigenvalue weighted by atomic mass is 16.3. The Hall–Kier alpha value is -2.16. The van der Waals surface area contributed by atoms with Gasteiger partial charge in [0.2, 0.25) is 0 Å². The highest BCUT2D eigenvalue weighted by molar-refractivity contribution is 5.63. The van der Waals surface area contributed by atoms with Crippen molar-refractivity contribution in [1.29, 1.82) is 5.26 Å². The molecule has 5 heteroatoms. The molecule has 24 heavy (non-hydrogen) atoms. The summed E-state index contributed by atoms with van der Waals surface area (Å²) in [6.45, 7) is 4.28. The Morgan fingerprint density at radius 1 is 1.29 bits per heavy atom. The lowest BCUT2D eigenvalue weighted by Crippen LogP contribution is -2.42. The quantitative estimate of drug-likeness (QED) is 0.939. The van der Waals surface area contributed by atoms with Gasteiger partial charge in [-0.05, 0) is 37.8 Å². The molecule has 1 aliphatic heterocycles. The number of aryl methyl sites for hydroxylation is 1. The van der Waals surface area contributed by atoms with Gasteiger partial charge in [-0.1, -0.05) is 12.1 Å². The average Bonchev–Trinajstić information content (AvgIpc) is 2.97. The van der Waals surface area contributed by atoms with Crippen LogP contribution in [0.2, 0.25) is 0 Å². The van der Waals surface area contributed by atoms with Crippen LogP contribution < -0.4 is 0 Å². The normalized spacial score (nSPS) is 21.6. The van der Waals surface area contributed by atoms with Gasteiger partial charge >= 0.3 is 0 Å². The van der Waals surface area contributed by atoms with E-state index in [0.29, 0.717) is 17.5 Å². The van der Waals surface area contributed by atoms with Crippen LogP contribution in [0, 0.1) is 17.2 Å². The lowest BCUT2D eigenvalue weighted by Gasteiger charge is -2.37. The number of aliphatic hydroxyl groups is 1. The minimum atomic E-state index is 0.263. The molecule has 126 valence electrons. The summed E-state index contributed by atoms with van der Waals surface area (Å²) < 4.78 is 1.85. The van der Waals surface area contributed by atoms with Crippen molar-refractivity contribution in [3.05, 3.63) is 41.6 Å². The highest BCUT2D eigenvalue weighted by Crippen LogP contribution is 2.28. The Bertz CT molecular complexity index is 729. The molecule has 0 saturated carbocycles. The number of nitrogens with zero attached hydrogens (tertiary/aromatic N) is 4. The minimum absolute atomic E-state index is 0.263. The van der Waals surface area contributed by atoms with Crippen molar-refractivity contribution in [3.8, 4) is 17.3 Å². The van der Waals surface area contributed by atoms with Crippen LogP contribution in [-0.4, -0.2) is 39.0 Å². The molecule has 1 aromatic heterocycles. The number of piperidine rings is 1. The molecular formula is C19H24N4O. The van der Waals surface area contributed by atoms with Gasteiger partial charge < -0.3 is 5.11 Å². The zero-order valence-electron chi connectivity index (χ0n) is 14.3. The minimum Gasteiger partial charge on any atom is -0.396 e. The number of aromatic nitrogens is 2. The Balaban J connectivity index is 1.84. The van der Waals surface area contributed by atoms with E-state index in [-0.39, 0.29) is 6.61 Å². The summed E-state index contributed by atoms with van der Waals surface area (Å²) in [5.41, 5.74) is 3.85. The molecule has 0 unspecified atom stereocenters. The molecule has 5 nitrogen and oxygen atoms in total. The van der Waals surface area contributed by atoms with E-state index in [1.165, 1.54) is 5.56 Å². The van der Waals surface area contributed by atoms with Crippen molar-refractivity contribution in [3.63, 3.8) is 0 Å². The second kappa shape index (κ2) is 7.16. The van der Waals surface area contributed by atoms with Crippen molar-refractivity contribution in [2.24, 2.45) is 13.0 Å². The Kier molecular flexibility index (Phi) is 4.98. The standard InChI is InChI=1S/C19H24N4O/c1-14-3-4-16(13-24)10-23(14)12-18-11-22(2)21-19(18)17-7-5-15(9-20)6-8-17/h5-8,11,14,16,24H,3-4,10,12-13H2,1-2H3/t14-,16+/m0/s1. The lowest BCUT2D eigenvalue weighted by molar-refractivity contribution is 0.0772. The smallest absolute Gasteiger partial charge is 0.0991 e. The van der Waals surface area contributed by atoms with Gasteiger partial charge in [-0.15, -0.1) is 0 Å². The molecule has 1 fully saturated rings. The molecule has 2 heterocycles. The van der Waals surface area contributed by atoms with Crippen LogP contribution in [0.3, 0.4) is 0 Å². The first-order valence-corrected chi connectivity index (χ1v) is 8.48. The summed E-state index contributed by atoms with van der Waals surface area (Å²) in [6, 6.07) is 10.2. The van der Waals surface area contributed by atoms with E-state index < -0.39 is 0 Å². The summed E-state index contributed by atoms with van der Waals surface area (Å²) in [5.74, 6) is 0.372. The first-order chi connectivity index (χ1) is 11.6. The summed E-state index contributed by atoms with van der Waals surface area (Å²) in [6.07, 6.45) is 4.30. The van der Waals surface area contributed by atoms with Crippen LogP contribution in [-0.2, 0) is 13.6 Å². The van der Waals surface area contributed by atoms with Crippen LogP contribution in [0.15, 0.2) is 30.5 Å². The zero-order chi connectivity index (χ0) is 17.1. The monoisotopic (exact) mass is 324 g/mol. The molecule has 1 saturated heterocycles. The maximum Gasteiger partial charge on any atom is 0.0991 e. The molecule has 0 amide bonds. The third-order valence-electron chi connectivity index (χ3n) is 4.93. The van der Waals surface area contributed by atoms with Gasteiger partial charge in [0.1, 0.15) is 0 Å². The molecular weight excluding hydrogens is 300 g/mol. The van der Waals surface area contributed by atoms with Crippen LogP contribution in [0.5, 0.6) is 0 Å². The molecule has 1 aromatic carbocycles. The van der Waals surface area contributed by atoms with Gasteiger partial charge in [0.25, 0.3) is 0 Å². The number of hydrogen-bond acceptors (Lipinski definition) is 4. The number of nitriles is 1. The van der Waals surface area contributed by atoms with E-state index in [1.807, 2.05) is 36.0 Å². The third-order valence-corrected chi connectivity index (χ3v) is 4.93. The summed E-state index contributed by atoms with van der Waals surface area (Å²) in [4.78, 5) is 2.44. The van der Waals surface area contributed by atoms with Gasteiger partial charge in [-0.25, -0.2) is 0 Å². The average molecular weight is 324 g/mol. The second-order valence-electron chi connectivity index (χ2n) is 6.77. The Labute approximate surface area is 143 Å².